The lowest BCUT2D eigenvalue weighted by atomic mass is 10.1. The first kappa shape index (κ1) is 16.7. The molecular weight excluding hydrogens is 350 g/mol. The first-order valence-corrected chi connectivity index (χ1v) is 9.58. The maximum atomic E-state index is 12.0. The Labute approximate surface area is 163 Å². The second kappa shape index (κ2) is 6.96. The van der Waals surface area contributed by atoms with Crippen molar-refractivity contribution in [3.05, 3.63) is 78.2 Å². The Bertz CT molecular complexity index is 1140. The lowest BCUT2D eigenvalue weighted by Crippen LogP contribution is -2.24. The maximum absolute atomic E-state index is 12.0. The Morgan fingerprint density at radius 1 is 0.929 bits per heavy atom. The zero-order chi connectivity index (χ0) is 18.9. The van der Waals surface area contributed by atoms with Crippen molar-refractivity contribution in [1.82, 2.24) is 24.1 Å². The molecule has 4 heterocycles. The van der Waals surface area contributed by atoms with Gasteiger partial charge in [0.1, 0.15) is 5.69 Å². The Kier molecular flexibility index (Phi) is 4.16. The van der Waals surface area contributed by atoms with Crippen LogP contribution >= 0.6 is 0 Å². The van der Waals surface area contributed by atoms with Gasteiger partial charge in [0.05, 0.1) is 11.7 Å². The normalized spacial score (nSPS) is 14.3. The summed E-state index contributed by atoms with van der Waals surface area (Å²) in [4.78, 5) is 18.6. The van der Waals surface area contributed by atoms with Gasteiger partial charge in [-0.05, 0) is 35.7 Å². The molecule has 0 saturated carbocycles. The molecule has 0 unspecified atom stereocenters. The summed E-state index contributed by atoms with van der Waals surface area (Å²) in [7, 11) is 0. The lowest BCUT2D eigenvalue weighted by Gasteiger charge is -2.19. The number of fused-ring (bicyclic) bond motifs is 1. The van der Waals surface area contributed by atoms with Crippen molar-refractivity contribution in [2.24, 2.45) is 0 Å². The Hall–Kier alpha value is -3.41. The summed E-state index contributed by atoms with van der Waals surface area (Å²) >= 11 is 0. The summed E-state index contributed by atoms with van der Waals surface area (Å²) in [6, 6.07) is 16.4. The highest BCUT2D eigenvalue weighted by Crippen LogP contribution is 2.22. The van der Waals surface area contributed by atoms with E-state index in [9.17, 15) is 4.79 Å². The Morgan fingerprint density at radius 2 is 1.79 bits per heavy atom. The number of carbonyl (C=O) groups is 1. The average molecular weight is 371 g/mol. The number of hydrogen-bond acceptors (Lipinski definition) is 3. The molecule has 0 N–H and O–H groups in total. The van der Waals surface area contributed by atoms with Crippen LogP contribution in [0.15, 0.2) is 67.1 Å². The molecule has 1 aliphatic heterocycles. The molecule has 0 atom stereocenters. The van der Waals surface area contributed by atoms with E-state index >= 15 is 0 Å². The van der Waals surface area contributed by atoms with Crippen molar-refractivity contribution in [3.8, 4) is 11.5 Å². The molecule has 0 spiro atoms. The second-order valence-corrected chi connectivity index (χ2v) is 7.15. The van der Waals surface area contributed by atoms with Crippen molar-refractivity contribution in [3.63, 3.8) is 0 Å². The minimum atomic E-state index is 0.253. The molecule has 1 aliphatic rings. The monoisotopic (exact) mass is 371 g/mol. The summed E-state index contributed by atoms with van der Waals surface area (Å²) in [5.74, 6) is 1.13. The van der Waals surface area contributed by atoms with E-state index in [1.165, 1.54) is 11.1 Å². The fourth-order valence-electron chi connectivity index (χ4n) is 3.92. The predicted octanol–water partition coefficient (Wildman–Crippen LogP) is 3.37. The van der Waals surface area contributed by atoms with Crippen LogP contribution in [0.1, 0.15) is 24.0 Å². The summed E-state index contributed by atoms with van der Waals surface area (Å²) < 4.78 is 4.05. The van der Waals surface area contributed by atoms with Crippen LogP contribution in [0, 0.1) is 0 Å². The van der Waals surface area contributed by atoms with Gasteiger partial charge in [-0.25, -0.2) is 9.50 Å². The summed E-state index contributed by atoms with van der Waals surface area (Å²) in [6.07, 6.45) is 7.25. The van der Waals surface area contributed by atoms with Crippen molar-refractivity contribution in [2.75, 3.05) is 6.54 Å². The number of pyridine rings is 1. The predicted molar refractivity (Wildman–Crippen MR) is 107 cm³/mol. The van der Waals surface area contributed by atoms with E-state index in [0.29, 0.717) is 19.5 Å². The molecule has 3 aromatic heterocycles. The number of imidazole rings is 1. The third-order valence-electron chi connectivity index (χ3n) is 5.36. The van der Waals surface area contributed by atoms with Gasteiger partial charge in [-0.1, -0.05) is 30.3 Å². The van der Waals surface area contributed by atoms with Crippen LogP contribution in [0.3, 0.4) is 0 Å². The third-order valence-corrected chi connectivity index (χ3v) is 5.36. The van der Waals surface area contributed by atoms with Gasteiger partial charge < -0.3 is 9.47 Å². The molecule has 0 radical (unpaired) electrons. The molecule has 28 heavy (non-hydrogen) atoms. The molecule has 140 valence electrons. The SMILES string of the molecule is O=C1CCCN1Cc1ccccc1Cn1ccnc1-c1cccc2ccnn12. The van der Waals surface area contributed by atoms with Crippen LogP contribution in [0.5, 0.6) is 0 Å². The summed E-state index contributed by atoms with van der Waals surface area (Å²) in [5, 5.41) is 4.44. The van der Waals surface area contributed by atoms with Gasteiger partial charge in [0.2, 0.25) is 5.91 Å². The minimum Gasteiger partial charge on any atom is -0.338 e. The number of benzene rings is 1. The number of aromatic nitrogens is 4. The molecule has 6 heteroatoms. The number of likely N-dealkylation sites (tertiary alicyclic amines) is 1. The number of carbonyl (C=O) groups excluding carboxylic acids is 1. The number of rotatable bonds is 5. The van der Waals surface area contributed by atoms with Crippen LogP contribution in [-0.4, -0.2) is 36.5 Å². The first-order valence-electron chi connectivity index (χ1n) is 9.58. The fraction of sp³-hybridized carbons (Fsp3) is 0.227. The molecule has 1 fully saturated rings. The lowest BCUT2D eigenvalue weighted by molar-refractivity contribution is -0.128. The molecule has 0 aliphatic carbocycles. The number of amides is 1. The van der Waals surface area contributed by atoms with Gasteiger partial charge in [0.15, 0.2) is 5.82 Å². The largest absolute Gasteiger partial charge is 0.338 e. The average Bonchev–Trinajstić information content (AvgIpc) is 3.45. The van der Waals surface area contributed by atoms with Gasteiger partial charge in [-0.3, -0.25) is 4.79 Å². The van der Waals surface area contributed by atoms with Crippen LogP contribution in [0.2, 0.25) is 0 Å². The van der Waals surface area contributed by atoms with Gasteiger partial charge in [0, 0.05) is 38.4 Å². The van der Waals surface area contributed by atoms with E-state index < -0.39 is 0 Å². The van der Waals surface area contributed by atoms with Gasteiger partial charge >= 0.3 is 0 Å². The van der Waals surface area contributed by atoms with Crippen LogP contribution in [0.25, 0.3) is 17.0 Å². The Balaban J connectivity index is 1.48. The van der Waals surface area contributed by atoms with Crippen LogP contribution in [0.4, 0.5) is 0 Å². The summed E-state index contributed by atoms with van der Waals surface area (Å²) in [6.45, 7) is 2.23. The number of hydrogen-bond donors (Lipinski definition) is 0. The van der Waals surface area contributed by atoms with Crippen molar-refractivity contribution >= 4 is 11.4 Å². The fourth-order valence-corrected chi connectivity index (χ4v) is 3.92. The van der Waals surface area contributed by atoms with Crippen molar-refractivity contribution in [2.45, 2.75) is 25.9 Å². The quantitative estimate of drug-likeness (QED) is 0.540. The van der Waals surface area contributed by atoms with Crippen LogP contribution in [-0.2, 0) is 17.9 Å². The van der Waals surface area contributed by atoms with E-state index in [1.54, 1.807) is 6.20 Å². The zero-order valence-electron chi connectivity index (χ0n) is 15.5. The summed E-state index contributed by atoms with van der Waals surface area (Å²) in [5.41, 5.74) is 4.39. The highest BCUT2D eigenvalue weighted by atomic mass is 16.2. The third kappa shape index (κ3) is 2.97. The standard InChI is InChI=1S/C22H21N5O/c28-21-9-4-13-25(21)15-17-5-1-2-6-18(17)16-26-14-12-23-22(26)20-8-3-7-19-10-11-24-27(19)20/h1-3,5-8,10-12,14H,4,9,13,15-16H2. The number of nitrogens with zero attached hydrogens (tertiary/aromatic N) is 5. The topological polar surface area (TPSA) is 55.4 Å². The molecular formula is C22H21N5O. The molecule has 0 bridgehead atoms. The van der Waals surface area contributed by atoms with Gasteiger partial charge in [-0.15, -0.1) is 0 Å². The van der Waals surface area contributed by atoms with E-state index in [0.717, 1.165) is 30.0 Å². The van der Waals surface area contributed by atoms with E-state index in [1.807, 2.05) is 52.1 Å². The highest BCUT2D eigenvalue weighted by Gasteiger charge is 2.21. The van der Waals surface area contributed by atoms with Gasteiger partial charge in [0.25, 0.3) is 0 Å². The zero-order valence-corrected chi connectivity index (χ0v) is 15.5. The van der Waals surface area contributed by atoms with E-state index in [4.69, 9.17) is 0 Å². The van der Waals surface area contributed by atoms with Crippen LogP contribution < -0.4 is 0 Å². The van der Waals surface area contributed by atoms with Crippen molar-refractivity contribution < 1.29 is 4.79 Å². The molecule has 1 amide bonds. The van der Waals surface area contributed by atoms with Crippen molar-refractivity contribution in [1.29, 1.82) is 0 Å². The molecule has 1 saturated heterocycles. The molecule has 4 aromatic rings. The van der Waals surface area contributed by atoms with Gasteiger partial charge in [-0.2, -0.15) is 5.10 Å². The highest BCUT2D eigenvalue weighted by molar-refractivity contribution is 5.78. The minimum absolute atomic E-state index is 0.253. The first-order chi connectivity index (χ1) is 13.8. The smallest absolute Gasteiger partial charge is 0.222 e. The van der Waals surface area contributed by atoms with E-state index in [-0.39, 0.29) is 5.91 Å². The Morgan fingerprint density at radius 3 is 2.61 bits per heavy atom. The molecule has 5 rings (SSSR count). The van der Waals surface area contributed by atoms with E-state index in [2.05, 4.69) is 32.8 Å². The molecule has 6 nitrogen and oxygen atoms in total. The maximum Gasteiger partial charge on any atom is 0.222 e. The molecule has 1 aromatic carbocycles. The second-order valence-electron chi connectivity index (χ2n) is 7.15.